The largest absolute Gasteiger partial charge is 0.303 e. The van der Waals surface area contributed by atoms with E-state index in [9.17, 15) is 4.79 Å². The van der Waals surface area contributed by atoms with Gasteiger partial charge in [-0.2, -0.15) is 0 Å². The van der Waals surface area contributed by atoms with Crippen molar-refractivity contribution >= 4 is 6.29 Å². The second-order valence-electron chi connectivity index (χ2n) is 5.88. The SMILES string of the molecule is CC=CC(C)(CC)c1cccc(-c2ccccc2CC=O)c1. The topological polar surface area (TPSA) is 17.1 Å². The number of hydrogen-bond donors (Lipinski definition) is 0. The molecule has 0 aromatic heterocycles. The third kappa shape index (κ3) is 3.36. The maximum absolute atomic E-state index is 10.9. The smallest absolute Gasteiger partial charge is 0.124 e. The van der Waals surface area contributed by atoms with Crippen LogP contribution in [0, 0.1) is 0 Å². The summed E-state index contributed by atoms with van der Waals surface area (Å²) in [5.74, 6) is 0. The number of rotatable bonds is 6. The first kappa shape index (κ1) is 16.2. The Balaban J connectivity index is 2.51. The molecule has 114 valence electrons. The van der Waals surface area contributed by atoms with Gasteiger partial charge in [0.05, 0.1) is 0 Å². The average Bonchev–Trinajstić information content (AvgIpc) is 2.56. The first-order chi connectivity index (χ1) is 10.6. The lowest BCUT2D eigenvalue weighted by Gasteiger charge is -2.26. The molecule has 1 nitrogen and oxygen atoms in total. The molecule has 1 heteroatoms. The van der Waals surface area contributed by atoms with E-state index in [1.54, 1.807) is 0 Å². The van der Waals surface area contributed by atoms with Crippen LogP contribution in [0.25, 0.3) is 11.1 Å². The Morgan fingerprint density at radius 1 is 1.09 bits per heavy atom. The number of benzene rings is 2. The zero-order valence-electron chi connectivity index (χ0n) is 13.7. The number of carbonyl (C=O) groups is 1. The minimum Gasteiger partial charge on any atom is -0.303 e. The Bertz CT molecular complexity index is 669. The molecule has 1 unspecified atom stereocenters. The number of carbonyl (C=O) groups excluding carboxylic acids is 1. The molecule has 0 aliphatic rings. The molecule has 0 spiro atoms. The summed E-state index contributed by atoms with van der Waals surface area (Å²) in [6, 6.07) is 16.8. The maximum Gasteiger partial charge on any atom is 0.124 e. The maximum atomic E-state index is 10.9. The summed E-state index contributed by atoms with van der Waals surface area (Å²) >= 11 is 0. The highest BCUT2D eigenvalue weighted by atomic mass is 16.1. The van der Waals surface area contributed by atoms with Crippen LogP contribution in [0.5, 0.6) is 0 Å². The molecule has 0 bridgehead atoms. The van der Waals surface area contributed by atoms with Crippen LogP contribution in [0.4, 0.5) is 0 Å². The molecule has 1 atom stereocenters. The van der Waals surface area contributed by atoms with Crippen molar-refractivity contribution in [1.29, 1.82) is 0 Å². The summed E-state index contributed by atoms with van der Waals surface area (Å²) in [6.45, 7) is 6.55. The van der Waals surface area contributed by atoms with Crippen LogP contribution >= 0.6 is 0 Å². The van der Waals surface area contributed by atoms with Crippen LogP contribution in [-0.4, -0.2) is 6.29 Å². The minimum absolute atomic E-state index is 0.0460. The molecule has 2 aromatic carbocycles. The quantitative estimate of drug-likeness (QED) is 0.519. The fraction of sp³-hybridized carbons (Fsp3) is 0.286. The van der Waals surface area contributed by atoms with Crippen molar-refractivity contribution in [2.24, 2.45) is 0 Å². The molecule has 0 saturated heterocycles. The first-order valence-electron chi connectivity index (χ1n) is 7.91. The van der Waals surface area contributed by atoms with Gasteiger partial charge in [0.15, 0.2) is 0 Å². The minimum atomic E-state index is 0.0460. The zero-order valence-corrected chi connectivity index (χ0v) is 13.7. The van der Waals surface area contributed by atoms with E-state index in [0.29, 0.717) is 6.42 Å². The van der Waals surface area contributed by atoms with Crippen LogP contribution in [0.3, 0.4) is 0 Å². The van der Waals surface area contributed by atoms with Crippen molar-refractivity contribution in [3.05, 3.63) is 71.8 Å². The first-order valence-corrected chi connectivity index (χ1v) is 7.91. The van der Waals surface area contributed by atoms with Crippen LogP contribution in [0.1, 0.15) is 38.3 Å². The van der Waals surface area contributed by atoms with E-state index in [1.807, 2.05) is 18.2 Å². The van der Waals surface area contributed by atoms with Crippen LogP contribution < -0.4 is 0 Å². The summed E-state index contributed by atoms with van der Waals surface area (Å²) < 4.78 is 0. The van der Waals surface area contributed by atoms with Crippen LogP contribution in [0.15, 0.2) is 60.7 Å². The number of allylic oxidation sites excluding steroid dienone is 2. The van der Waals surface area contributed by atoms with E-state index >= 15 is 0 Å². The molecule has 0 fully saturated rings. The van der Waals surface area contributed by atoms with Gasteiger partial charge in [-0.1, -0.05) is 74.5 Å². The standard InChI is InChI=1S/C21H24O/c1-4-14-21(3,5-2)19-11-8-10-18(16-19)20-12-7-6-9-17(20)13-15-22/h4,6-12,14-16H,5,13H2,1-3H3. The molecule has 0 aliphatic carbocycles. The molecule has 0 heterocycles. The molecule has 22 heavy (non-hydrogen) atoms. The molecule has 0 aliphatic heterocycles. The fourth-order valence-corrected chi connectivity index (χ4v) is 2.90. The highest BCUT2D eigenvalue weighted by molar-refractivity contribution is 5.72. The number of hydrogen-bond acceptors (Lipinski definition) is 1. The predicted octanol–water partition coefficient (Wildman–Crippen LogP) is 5.34. The summed E-state index contributed by atoms with van der Waals surface area (Å²) in [7, 11) is 0. The highest BCUT2D eigenvalue weighted by Crippen LogP contribution is 2.33. The molecule has 0 amide bonds. The van der Waals surface area contributed by atoms with Gasteiger partial charge in [-0.3, -0.25) is 0 Å². The van der Waals surface area contributed by atoms with Crippen molar-refractivity contribution < 1.29 is 4.79 Å². The van der Waals surface area contributed by atoms with E-state index in [-0.39, 0.29) is 5.41 Å². The molecule has 0 radical (unpaired) electrons. The Morgan fingerprint density at radius 2 is 1.86 bits per heavy atom. The van der Waals surface area contributed by atoms with E-state index in [2.05, 4.69) is 63.3 Å². The number of aldehydes is 1. The highest BCUT2D eigenvalue weighted by Gasteiger charge is 2.21. The second kappa shape index (κ2) is 7.22. The van der Waals surface area contributed by atoms with Gasteiger partial charge in [-0.15, -0.1) is 0 Å². The van der Waals surface area contributed by atoms with Gasteiger partial charge in [0.1, 0.15) is 6.29 Å². The van der Waals surface area contributed by atoms with Crippen molar-refractivity contribution in [3.63, 3.8) is 0 Å². The van der Waals surface area contributed by atoms with Gasteiger partial charge in [0.25, 0.3) is 0 Å². The lowest BCUT2D eigenvalue weighted by atomic mass is 9.78. The summed E-state index contributed by atoms with van der Waals surface area (Å²) in [5.41, 5.74) is 4.77. The van der Waals surface area contributed by atoms with Crippen LogP contribution in [-0.2, 0) is 16.6 Å². The lowest BCUT2D eigenvalue weighted by Crippen LogP contribution is -2.17. The van der Waals surface area contributed by atoms with Gasteiger partial charge >= 0.3 is 0 Å². The average molecular weight is 292 g/mol. The monoisotopic (exact) mass is 292 g/mol. The van der Waals surface area contributed by atoms with E-state index < -0.39 is 0 Å². The van der Waals surface area contributed by atoms with Crippen molar-refractivity contribution in [2.75, 3.05) is 0 Å². The van der Waals surface area contributed by atoms with Crippen LogP contribution in [0.2, 0.25) is 0 Å². The van der Waals surface area contributed by atoms with Gasteiger partial charge in [0.2, 0.25) is 0 Å². The van der Waals surface area contributed by atoms with Crippen molar-refractivity contribution in [2.45, 2.75) is 39.0 Å². The Kier molecular flexibility index (Phi) is 5.32. The molecule has 0 N–H and O–H groups in total. The van der Waals surface area contributed by atoms with Gasteiger partial charge < -0.3 is 4.79 Å². The van der Waals surface area contributed by atoms with E-state index in [1.165, 1.54) is 11.1 Å². The molecule has 0 saturated carbocycles. The van der Waals surface area contributed by atoms with E-state index in [0.717, 1.165) is 23.8 Å². The fourth-order valence-electron chi connectivity index (χ4n) is 2.90. The molecular weight excluding hydrogens is 268 g/mol. The molecule has 2 aromatic rings. The summed E-state index contributed by atoms with van der Waals surface area (Å²) in [4.78, 5) is 10.9. The van der Waals surface area contributed by atoms with Crippen molar-refractivity contribution in [1.82, 2.24) is 0 Å². The molecule has 2 rings (SSSR count). The molecular formula is C21H24O. The Morgan fingerprint density at radius 3 is 2.55 bits per heavy atom. The predicted molar refractivity (Wildman–Crippen MR) is 94.1 cm³/mol. The Hall–Kier alpha value is -2.15. The second-order valence-corrected chi connectivity index (χ2v) is 5.88. The summed E-state index contributed by atoms with van der Waals surface area (Å²) in [6.07, 6.45) is 6.87. The van der Waals surface area contributed by atoms with Gasteiger partial charge in [-0.25, -0.2) is 0 Å². The zero-order chi connectivity index (χ0) is 16.0. The van der Waals surface area contributed by atoms with Gasteiger partial charge in [-0.05, 0) is 35.6 Å². The Labute approximate surface area is 133 Å². The van der Waals surface area contributed by atoms with Gasteiger partial charge in [0, 0.05) is 11.8 Å². The third-order valence-electron chi connectivity index (χ3n) is 4.42. The summed E-state index contributed by atoms with van der Waals surface area (Å²) in [5, 5.41) is 0. The lowest BCUT2D eigenvalue weighted by molar-refractivity contribution is -0.107. The van der Waals surface area contributed by atoms with E-state index in [4.69, 9.17) is 0 Å². The normalized spacial score (nSPS) is 14.0. The van der Waals surface area contributed by atoms with Crippen molar-refractivity contribution in [3.8, 4) is 11.1 Å². The third-order valence-corrected chi connectivity index (χ3v) is 4.42.